The third-order valence-electron chi connectivity index (χ3n) is 2.71. The summed E-state index contributed by atoms with van der Waals surface area (Å²) in [7, 11) is 0. The SMILES string of the molecule is CC(Cc1ccccc1F)Nc1ncc([N+](=O)[O-])cn1. The molecular weight excluding hydrogens is 263 g/mol. The fourth-order valence-corrected chi connectivity index (χ4v) is 1.76. The van der Waals surface area contributed by atoms with Crippen molar-refractivity contribution < 1.29 is 9.31 Å². The van der Waals surface area contributed by atoms with Gasteiger partial charge < -0.3 is 5.32 Å². The minimum Gasteiger partial charge on any atom is -0.351 e. The molecule has 0 spiro atoms. The van der Waals surface area contributed by atoms with E-state index in [0.717, 1.165) is 12.4 Å². The Morgan fingerprint density at radius 1 is 1.35 bits per heavy atom. The maximum atomic E-state index is 13.5. The van der Waals surface area contributed by atoms with Crippen LogP contribution in [0.2, 0.25) is 0 Å². The van der Waals surface area contributed by atoms with E-state index in [1.807, 2.05) is 6.92 Å². The molecule has 0 saturated carbocycles. The van der Waals surface area contributed by atoms with E-state index in [-0.39, 0.29) is 23.5 Å². The number of nitrogens with one attached hydrogen (secondary N) is 1. The van der Waals surface area contributed by atoms with Gasteiger partial charge in [-0.05, 0) is 25.0 Å². The second kappa shape index (κ2) is 6.05. The number of nitro groups is 1. The van der Waals surface area contributed by atoms with Crippen LogP contribution in [0, 0.1) is 15.9 Å². The molecule has 1 N–H and O–H groups in total. The van der Waals surface area contributed by atoms with Crippen LogP contribution < -0.4 is 5.32 Å². The van der Waals surface area contributed by atoms with Crippen LogP contribution in [0.3, 0.4) is 0 Å². The van der Waals surface area contributed by atoms with Crippen LogP contribution >= 0.6 is 0 Å². The van der Waals surface area contributed by atoms with Gasteiger partial charge >= 0.3 is 5.69 Å². The van der Waals surface area contributed by atoms with Crippen molar-refractivity contribution in [3.63, 3.8) is 0 Å². The molecule has 1 aromatic heterocycles. The molecule has 1 heterocycles. The van der Waals surface area contributed by atoms with Gasteiger partial charge in [-0.2, -0.15) is 0 Å². The van der Waals surface area contributed by atoms with E-state index in [4.69, 9.17) is 0 Å². The minimum absolute atomic E-state index is 0.103. The molecule has 0 fully saturated rings. The fourth-order valence-electron chi connectivity index (χ4n) is 1.76. The van der Waals surface area contributed by atoms with Crippen molar-refractivity contribution in [1.82, 2.24) is 9.97 Å². The number of halogens is 1. The molecule has 6 nitrogen and oxygen atoms in total. The zero-order chi connectivity index (χ0) is 14.5. The number of rotatable bonds is 5. The van der Waals surface area contributed by atoms with Crippen LogP contribution in [-0.4, -0.2) is 20.9 Å². The minimum atomic E-state index is -0.563. The van der Waals surface area contributed by atoms with Crippen LogP contribution in [0.15, 0.2) is 36.7 Å². The zero-order valence-electron chi connectivity index (χ0n) is 10.8. The van der Waals surface area contributed by atoms with Gasteiger partial charge in [0.1, 0.15) is 18.2 Å². The van der Waals surface area contributed by atoms with Crippen LogP contribution in [0.25, 0.3) is 0 Å². The lowest BCUT2D eigenvalue weighted by Gasteiger charge is -2.13. The van der Waals surface area contributed by atoms with Crippen molar-refractivity contribution >= 4 is 11.6 Å². The summed E-state index contributed by atoms with van der Waals surface area (Å²) in [5, 5.41) is 13.4. The van der Waals surface area contributed by atoms with Crippen LogP contribution in [0.5, 0.6) is 0 Å². The van der Waals surface area contributed by atoms with Gasteiger partial charge in [-0.15, -0.1) is 0 Å². The molecule has 0 aliphatic carbocycles. The van der Waals surface area contributed by atoms with Gasteiger partial charge in [0.2, 0.25) is 5.95 Å². The molecule has 7 heteroatoms. The van der Waals surface area contributed by atoms with Crippen LogP contribution in [0.4, 0.5) is 16.0 Å². The zero-order valence-corrected chi connectivity index (χ0v) is 10.8. The van der Waals surface area contributed by atoms with Crippen molar-refractivity contribution in [2.75, 3.05) is 5.32 Å². The van der Waals surface area contributed by atoms with Crippen molar-refractivity contribution in [1.29, 1.82) is 0 Å². The van der Waals surface area contributed by atoms with Gasteiger partial charge in [0.25, 0.3) is 0 Å². The number of aromatic nitrogens is 2. The Bertz CT molecular complexity index is 604. The molecule has 1 unspecified atom stereocenters. The molecule has 1 aromatic carbocycles. The summed E-state index contributed by atoms with van der Waals surface area (Å²) in [6.45, 7) is 1.86. The van der Waals surface area contributed by atoms with Gasteiger partial charge in [0.15, 0.2) is 0 Å². The van der Waals surface area contributed by atoms with Crippen LogP contribution in [0.1, 0.15) is 12.5 Å². The summed E-state index contributed by atoms with van der Waals surface area (Å²) in [5.74, 6) is 0.0187. The summed E-state index contributed by atoms with van der Waals surface area (Å²) in [5.41, 5.74) is 0.423. The molecule has 2 rings (SSSR count). The van der Waals surface area contributed by atoms with Crippen molar-refractivity contribution in [3.8, 4) is 0 Å². The summed E-state index contributed by atoms with van der Waals surface area (Å²) < 4.78 is 13.5. The highest BCUT2D eigenvalue weighted by Gasteiger charge is 2.10. The normalized spacial score (nSPS) is 11.9. The Balaban J connectivity index is 1.99. The van der Waals surface area contributed by atoms with Gasteiger partial charge in [-0.3, -0.25) is 10.1 Å². The van der Waals surface area contributed by atoms with E-state index in [2.05, 4.69) is 15.3 Å². The molecule has 2 aromatic rings. The number of hydrogen-bond acceptors (Lipinski definition) is 5. The highest BCUT2D eigenvalue weighted by molar-refractivity contribution is 5.32. The molecule has 1 atom stereocenters. The summed E-state index contributed by atoms with van der Waals surface area (Å²) in [4.78, 5) is 17.6. The first-order chi connectivity index (χ1) is 9.56. The Labute approximate surface area is 114 Å². The maximum absolute atomic E-state index is 13.5. The Hall–Kier alpha value is -2.57. The fraction of sp³-hybridized carbons (Fsp3) is 0.231. The van der Waals surface area contributed by atoms with Crippen molar-refractivity contribution in [2.24, 2.45) is 0 Å². The molecule has 0 bridgehead atoms. The number of benzene rings is 1. The maximum Gasteiger partial charge on any atom is 0.305 e. The largest absolute Gasteiger partial charge is 0.351 e. The standard InChI is InChI=1S/C13H13FN4O2/c1-9(6-10-4-2-3-5-12(10)14)17-13-15-7-11(8-16-13)18(19)20/h2-5,7-9H,6H2,1H3,(H,15,16,17). The smallest absolute Gasteiger partial charge is 0.305 e. The third-order valence-corrected chi connectivity index (χ3v) is 2.71. The molecule has 104 valence electrons. The van der Waals surface area contributed by atoms with Crippen LogP contribution in [-0.2, 0) is 6.42 Å². The lowest BCUT2D eigenvalue weighted by molar-refractivity contribution is -0.385. The average Bonchev–Trinajstić information content (AvgIpc) is 2.42. The molecule has 0 aliphatic heterocycles. The van der Waals surface area contributed by atoms with E-state index >= 15 is 0 Å². The summed E-state index contributed by atoms with van der Waals surface area (Å²) >= 11 is 0. The third kappa shape index (κ3) is 3.47. The summed E-state index contributed by atoms with van der Waals surface area (Å²) in [6, 6.07) is 6.42. The number of nitrogens with zero attached hydrogens (tertiary/aromatic N) is 3. The van der Waals surface area contributed by atoms with E-state index in [0.29, 0.717) is 12.0 Å². The van der Waals surface area contributed by atoms with Crippen molar-refractivity contribution in [2.45, 2.75) is 19.4 Å². The number of hydrogen-bond donors (Lipinski definition) is 1. The van der Waals surface area contributed by atoms with E-state index in [9.17, 15) is 14.5 Å². The topological polar surface area (TPSA) is 81.0 Å². The van der Waals surface area contributed by atoms with Gasteiger partial charge in [0, 0.05) is 6.04 Å². The van der Waals surface area contributed by atoms with Gasteiger partial charge in [-0.1, -0.05) is 18.2 Å². The molecule has 0 radical (unpaired) electrons. The Morgan fingerprint density at radius 3 is 2.60 bits per heavy atom. The highest BCUT2D eigenvalue weighted by atomic mass is 19.1. The first-order valence-electron chi connectivity index (χ1n) is 6.02. The monoisotopic (exact) mass is 276 g/mol. The second-order valence-electron chi connectivity index (χ2n) is 4.36. The highest BCUT2D eigenvalue weighted by Crippen LogP contribution is 2.12. The van der Waals surface area contributed by atoms with Crippen molar-refractivity contribution in [3.05, 3.63) is 58.2 Å². The first kappa shape index (κ1) is 13.9. The Kier molecular flexibility index (Phi) is 4.19. The molecule has 0 aliphatic rings. The predicted octanol–water partition coefficient (Wildman–Crippen LogP) is 2.57. The van der Waals surface area contributed by atoms with E-state index in [1.165, 1.54) is 6.07 Å². The molecule has 0 amide bonds. The summed E-state index contributed by atoms with van der Waals surface area (Å²) in [6.07, 6.45) is 2.73. The number of anilines is 1. The molecular formula is C13H13FN4O2. The van der Waals surface area contributed by atoms with Gasteiger partial charge in [-0.25, -0.2) is 14.4 Å². The lowest BCUT2D eigenvalue weighted by Crippen LogP contribution is -2.20. The quantitative estimate of drug-likeness (QED) is 0.670. The lowest BCUT2D eigenvalue weighted by atomic mass is 10.1. The van der Waals surface area contributed by atoms with E-state index < -0.39 is 4.92 Å². The van der Waals surface area contributed by atoms with Gasteiger partial charge in [0.05, 0.1) is 4.92 Å². The van der Waals surface area contributed by atoms with E-state index in [1.54, 1.807) is 18.2 Å². The second-order valence-corrected chi connectivity index (χ2v) is 4.36. The predicted molar refractivity (Wildman–Crippen MR) is 71.9 cm³/mol. The molecule has 0 saturated heterocycles. The Morgan fingerprint density at radius 2 is 2.00 bits per heavy atom. The average molecular weight is 276 g/mol. The first-order valence-corrected chi connectivity index (χ1v) is 6.02. The molecule has 20 heavy (non-hydrogen) atoms.